The van der Waals surface area contributed by atoms with Crippen molar-refractivity contribution in [3.05, 3.63) is 64.5 Å². The molecule has 3 nitrogen and oxygen atoms in total. The maximum absolute atomic E-state index is 5.96. The summed E-state index contributed by atoms with van der Waals surface area (Å²) in [6.45, 7) is 1.14. The van der Waals surface area contributed by atoms with Crippen molar-refractivity contribution in [2.24, 2.45) is 11.5 Å². The van der Waals surface area contributed by atoms with Crippen LogP contribution in [0, 0.1) is 0 Å². The molecule has 0 fully saturated rings. The summed E-state index contributed by atoms with van der Waals surface area (Å²) >= 11 is 0. The van der Waals surface area contributed by atoms with Gasteiger partial charge in [0.15, 0.2) is 0 Å². The molecule has 2 aromatic rings. The van der Waals surface area contributed by atoms with Crippen LogP contribution in [0.3, 0.4) is 0 Å². The summed E-state index contributed by atoms with van der Waals surface area (Å²) in [5.74, 6) is 0.355. The number of pyridine rings is 1. The minimum Gasteiger partial charge on any atom is -0.326 e. The highest BCUT2D eigenvalue weighted by Crippen LogP contribution is 2.36. The molecule has 21 heavy (non-hydrogen) atoms. The largest absolute Gasteiger partial charge is 0.326 e. The predicted octanol–water partition coefficient (Wildman–Crippen LogP) is 2.86. The first-order chi connectivity index (χ1) is 10.3. The van der Waals surface area contributed by atoms with Crippen LogP contribution in [0.2, 0.25) is 0 Å². The first-order valence-electron chi connectivity index (χ1n) is 7.79. The van der Waals surface area contributed by atoms with E-state index in [1.165, 1.54) is 40.8 Å². The van der Waals surface area contributed by atoms with Crippen LogP contribution in [-0.2, 0) is 19.5 Å². The Bertz CT molecular complexity index is 622. The summed E-state index contributed by atoms with van der Waals surface area (Å²) in [5, 5.41) is 0. The molecule has 0 aliphatic heterocycles. The van der Waals surface area contributed by atoms with Crippen LogP contribution in [0.25, 0.3) is 0 Å². The predicted molar refractivity (Wildman–Crippen MR) is 85.9 cm³/mol. The highest BCUT2D eigenvalue weighted by Gasteiger charge is 2.23. The topological polar surface area (TPSA) is 64.9 Å². The lowest BCUT2D eigenvalue weighted by Crippen LogP contribution is -2.11. The van der Waals surface area contributed by atoms with Crippen molar-refractivity contribution in [3.63, 3.8) is 0 Å². The maximum Gasteiger partial charge on any atom is 0.0510 e. The highest BCUT2D eigenvalue weighted by atomic mass is 14.7. The molecule has 3 rings (SSSR count). The molecular formula is C18H23N3. The van der Waals surface area contributed by atoms with E-state index >= 15 is 0 Å². The molecule has 1 aliphatic rings. The van der Waals surface area contributed by atoms with E-state index in [2.05, 4.69) is 24.3 Å². The minimum atomic E-state index is 0.355. The number of nitrogens with zero attached hydrogens (tertiary/aromatic N) is 1. The molecule has 0 radical (unpaired) electrons. The van der Waals surface area contributed by atoms with Crippen LogP contribution in [0.1, 0.15) is 53.1 Å². The number of aromatic nitrogens is 1. The number of hydrogen-bond donors (Lipinski definition) is 2. The Labute approximate surface area is 126 Å². The average molecular weight is 281 g/mol. The Balaban J connectivity index is 2.11. The van der Waals surface area contributed by atoms with Crippen LogP contribution in [-0.4, -0.2) is 4.98 Å². The first-order valence-corrected chi connectivity index (χ1v) is 7.79. The Hall–Kier alpha value is -1.71. The van der Waals surface area contributed by atoms with Gasteiger partial charge in [-0.2, -0.15) is 0 Å². The van der Waals surface area contributed by atoms with Crippen molar-refractivity contribution in [1.29, 1.82) is 0 Å². The summed E-state index contributed by atoms with van der Waals surface area (Å²) in [5.41, 5.74) is 18.1. The quantitative estimate of drug-likeness (QED) is 0.850. The molecule has 110 valence electrons. The number of aryl methyl sites for hydroxylation is 1. The van der Waals surface area contributed by atoms with Gasteiger partial charge >= 0.3 is 0 Å². The van der Waals surface area contributed by atoms with Crippen LogP contribution in [0.5, 0.6) is 0 Å². The van der Waals surface area contributed by atoms with Crippen molar-refractivity contribution in [3.8, 4) is 0 Å². The SMILES string of the molecule is NCc1ccc(CN)c(C2CCCCc3cccnc32)c1. The van der Waals surface area contributed by atoms with Crippen molar-refractivity contribution < 1.29 is 0 Å². The van der Waals surface area contributed by atoms with Crippen LogP contribution in [0.4, 0.5) is 0 Å². The minimum absolute atomic E-state index is 0.355. The van der Waals surface area contributed by atoms with Gasteiger partial charge in [-0.05, 0) is 47.6 Å². The number of benzene rings is 1. The molecule has 0 amide bonds. The highest BCUT2D eigenvalue weighted by molar-refractivity contribution is 5.41. The second kappa shape index (κ2) is 6.37. The molecular weight excluding hydrogens is 258 g/mol. The standard InChI is InChI=1S/C18H23N3/c19-11-13-7-8-15(12-20)17(10-13)16-6-2-1-4-14-5-3-9-21-18(14)16/h3,5,7-10,16H,1-2,4,6,11-12,19-20H2. The van der Waals surface area contributed by atoms with E-state index < -0.39 is 0 Å². The molecule has 1 unspecified atom stereocenters. The number of nitrogens with two attached hydrogens (primary N) is 2. The van der Waals surface area contributed by atoms with Crippen molar-refractivity contribution in [2.45, 2.75) is 44.7 Å². The molecule has 0 bridgehead atoms. The lowest BCUT2D eigenvalue weighted by Gasteiger charge is -2.21. The summed E-state index contributed by atoms with van der Waals surface area (Å²) < 4.78 is 0. The second-order valence-electron chi connectivity index (χ2n) is 5.79. The zero-order chi connectivity index (χ0) is 14.7. The Kier molecular flexibility index (Phi) is 4.32. The third-order valence-electron chi connectivity index (χ3n) is 4.49. The summed E-state index contributed by atoms with van der Waals surface area (Å²) in [6.07, 6.45) is 6.66. The van der Waals surface area contributed by atoms with Gasteiger partial charge in [-0.3, -0.25) is 4.98 Å². The van der Waals surface area contributed by atoms with Crippen molar-refractivity contribution >= 4 is 0 Å². The van der Waals surface area contributed by atoms with E-state index in [1.54, 1.807) is 0 Å². The van der Waals surface area contributed by atoms with Gasteiger partial charge in [0.25, 0.3) is 0 Å². The zero-order valence-electron chi connectivity index (χ0n) is 12.4. The van der Waals surface area contributed by atoms with E-state index in [0.29, 0.717) is 19.0 Å². The monoisotopic (exact) mass is 281 g/mol. The fraction of sp³-hybridized carbons (Fsp3) is 0.389. The third kappa shape index (κ3) is 2.85. The summed E-state index contributed by atoms with van der Waals surface area (Å²) in [6, 6.07) is 10.7. The number of fused-ring (bicyclic) bond motifs is 1. The van der Waals surface area contributed by atoms with Crippen LogP contribution in [0.15, 0.2) is 36.5 Å². The Morgan fingerprint density at radius 3 is 2.81 bits per heavy atom. The normalized spacial score (nSPS) is 18.1. The van der Waals surface area contributed by atoms with Crippen molar-refractivity contribution in [2.75, 3.05) is 0 Å². The zero-order valence-corrected chi connectivity index (χ0v) is 12.4. The third-order valence-corrected chi connectivity index (χ3v) is 4.49. The van der Waals surface area contributed by atoms with Crippen LogP contribution >= 0.6 is 0 Å². The summed E-state index contributed by atoms with van der Waals surface area (Å²) in [4.78, 5) is 4.70. The first kappa shape index (κ1) is 14.2. The Morgan fingerprint density at radius 2 is 2.00 bits per heavy atom. The van der Waals surface area contributed by atoms with Gasteiger partial charge in [0.05, 0.1) is 5.69 Å². The van der Waals surface area contributed by atoms with E-state index in [1.807, 2.05) is 12.3 Å². The van der Waals surface area contributed by atoms with Gasteiger partial charge in [0, 0.05) is 25.2 Å². The summed E-state index contributed by atoms with van der Waals surface area (Å²) in [7, 11) is 0. The molecule has 0 saturated carbocycles. The molecule has 1 aliphatic carbocycles. The van der Waals surface area contributed by atoms with Gasteiger partial charge in [0.2, 0.25) is 0 Å². The average Bonchev–Trinajstić information content (AvgIpc) is 2.76. The number of hydrogen-bond acceptors (Lipinski definition) is 3. The van der Waals surface area contributed by atoms with Crippen molar-refractivity contribution in [1.82, 2.24) is 4.98 Å². The second-order valence-corrected chi connectivity index (χ2v) is 5.79. The molecule has 0 spiro atoms. The molecule has 1 aromatic carbocycles. The molecule has 0 saturated heterocycles. The molecule has 3 heteroatoms. The molecule has 1 aromatic heterocycles. The van der Waals surface area contributed by atoms with Gasteiger partial charge in [0.1, 0.15) is 0 Å². The molecule has 1 heterocycles. The maximum atomic E-state index is 5.96. The smallest absolute Gasteiger partial charge is 0.0510 e. The molecule has 1 atom stereocenters. The fourth-order valence-electron chi connectivity index (χ4n) is 3.36. The Morgan fingerprint density at radius 1 is 1.10 bits per heavy atom. The van der Waals surface area contributed by atoms with Gasteiger partial charge in [-0.15, -0.1) is 0 Å². The fourth-order valence-corrected chi connectivity index (χ4v) is 3.36. The van der Waals surface area contributed by atoms with E-state index in [4.69, 9.17) is 16.5 Å². The van der Waals surface area contributed by atoms with Crippen LogP contribution < -0.4 is 11.5 Å². The van der Waals surface area contributed by atoms with E-state index in [0.717, 1.165) is 12.8 Å². The van der Waals surface area contributed by atoms with E-state index in [-0.39, 0.29) is 0 Å². The van der Waals surface area contributed by atoms with Gasteiger partial charge < -0.3 is 11.5 Å². The van der Waals surface area contributed by atoms with E-state index in [9.17, 15) is 0 Å². The lowest BCUT2D eigenvalue weighted by molar-refractivity contribution is 0.645. The molecule has 4 N–H and O–H groups in total. The van der Waals surface area contributed by atoms with Gasteiger partial charge in [-0.25, -0.2) is 0 Å². The number of rotatable bonds is 3. The lowest BCUT2D eigenvalue weighted by atomic mass is 9.86. The van der Waals surface area contributed by atoms with Gasteiger partial charge in [-0.1, -0.05) is 30.7 Å².